The van der Waals surface area contributed by atoms with Crippen molar-refractivity contribution in [2.75, 3.05) is 26.4 Å². The lowest BCUT2D eigenvalue weighted by Crippen LogP contribution is -2.30. The van der Waals surface area contributed by atoms with E-state index < -0.39 is 57.8 Å². The SMILES string of the molecule is CC/C=C\C/C=C\C/C=C\CCCCCCCC(=O)OC(CO)COP(=O)(O)OCC(COC(=O)CCCCCCCCCCCCCCC)OC(=O)CCCCCCCCCCCCCCCCCCCCC. The van der Waals surface area contributed by atoms with Crippen LogP contribution in [0.2, 0.25) is 0 Å². The van der Waals surface area contributed by atoms with Crippen LogP contribution in [0.15, 0.2) is 36.5 Å². The Morgan fingerprint density at radius 3 is 1.08 bits per heavy atom. The second kappa shape index (κ2) is 56.9. The Hall–Kier alpha value is -2.30. The zero-order chi connectivity index (χ0) is 54.1. The molecule has 0 aromatic rings. The molecular weight excluding hydrogens is 952 g/mol. The molecule has 0 heterocycles. The van der Waals surface area contributed by atoms with Crippen LogP contribution in [0.1, 0.15) is 303 Å². The Bertz CT molecular complexity index is 1380. The van der Waals surface area contributed by atoms with Crippen molar-refractivity contribution in [1.82, 2.24) is 0 Å². The van der Waals surface area contributed by atoms with E-state index in [1.807, 2.05) is 0 Å². The van der Waals surface area contributed by atoms with E-state index in [0.717, 1.165) is 89.9 Å². The van der Waals surface area contributed by atoms with Gasteiger partial charge in [0.05, 0.1) is 19.8 Å². The number of hydrogen-bond donors (Lipinski definition) is 2. The standard InChI is InChI=1S/C62H115O11P/c1-4-7-10-13-16-19-22-25-27-28-29-30-32-35-38-41-44-47-50-53-62(66)73-59(55-69-60(64)51-48-45-42-39-36-33-24-21-18-15-12-9-6-3)57-71-74(67,68)70-56-58(54-63)72-61(65)52-49-46-43-40-37-34-31-26-23-20-17-14-11-8-5-2/h8,11,17,20,26,31,58-59,63H,4-7,9-10,12-16,18-19,21-25,27-30,32-57H2,1-3H3,(H,67,68)/b11-8-,20-17-,31-26-. The molecule has 0 aromatic carbocycles. The summed E-state index contributed by atoms with van der Waals surface area (Å²) in [5, 5.41) is 9.82. The van der Waals surface area contributed by atoms with E-state index in [0.29, 0.717) is 19.3 Å². The largest absolute Gasteiger partial charge is 0.472 e. The highest BCUT2D eigenvalue weighted by molar-refractivity contribution is 7.47. The van der Waals surface area contributed by atoms with Gasteiger partial charge in [0, 0.05) is 19.3 Å². The lowest BCUT2D eigenvalue weighted by atomic mass is 10.0. The molecule has 0 saturated carbocycles. The van der Waals surface area contributed by atoms with E-state index >= 15 is 0 Å². The number of carbonyl (C=O) groups excluding carboxylic acids is 3. The normalized spacial score (nSPS) is 13.5. The predicted octanol–water partition coefficient (Wildman–Crippen LogP) is 18.4. The van der Waals surface area contributed by atoms with Crippen LogP contribution in [0.4, 0.5) is 0 Å². The third-order valence-electron chi connectivity index (χ3n) is 13.6. The molecule has 0 bridgehead atoms. The maximum absolute atomic E-state index is 12.9. The summed E-state index contributed by atoms with van der Waals surface area (Å²) in [5.74, 6) is -1.45. The van der Waals surface area contributed by atoms with Gasteiger partial charge in [-0.25, -0.2) is 4.57 Å². The Morgan fingerprint density at radius 2 is 0.703 bits per heavy atom. The summed E-state index contributed by atoms with van der Waals surface area (Å²) < 4.78 is 39.6. The fourth-order valence-electron chi connectivity index (χ4n) is 8.90. The number of aliphatic hydroxyl groups is 1. The summed E-state index contributed by atoms with van der Waals surface area (Å²) in [6.45, 7) is 4.57. The molecule has 0 aliphatic carbocycles. The molecule has 0 aliphatic rings. The van der Waals surface area contributed by atoms with Crippen molar-refractivity contribution in [1.29, 1.82) is 0 Å². The Morgan fingerprint density at radius 1 is 0.392 bits per heavy atom. The first kappa shape index (κ1) is 71.7. The van der Waals surface area contributed by atoms with Gasteiger partial charge in [0.15, 0.2) is 6.10 Å². The molecule has 2 N–H and O–H groups in total. The van der Waals surface area contributed by atoms with E-state index in [9.17, 15) is 28.9 Å². The number of rotatable bonds is 58. The second-order valence-electron chi connectivity index (χ2n) is 20.9. The summed E-state index contributed by atoms with van der Waals surface area (Å²) in [4.78, 5) is 48.6. The monoisotopic (exact) mass is 1070 g/mol. The van der Waals surface area contributed by atoms with Crippen LogP contribution >= 0.6 is 7.82 Å². The zero-order valence-corrected chi connectivity index (χ0v) is 49.0. The number of allylic oxidation sites excluding steroid dienone is 6. The summed E-state index contributed by atoms with van der Waals surface area (Å²) in [5.41, 5.74) is 0. The van der Waals surface area contributed by atoms with Crippen molar-refractivity contribution < 1.29 is 52.2 Å². The van der Waals surface area contributed by atoms with Crippen molar-refractivity contribution in [2.45, 2.75) is 315 Å². The molecule has 12 heteroatoms. The smallest absolute Gasteiger partial charge is 0.462 e. The quantitative estimate of drug-likeness (QED) is 0.0197. The number of phosphoric ester groups is 1. The lowest BCUT2D eigenvalue weighted by Gasteiger charge is -2.21. The number of carbonyl (C=O) groups is 3. The molecule has 3 atom stereocenters. The third kappa shape index (κ3) is 54.5. The van der Waals surface area contributed by atoms with Crippen LogP contribution in [0.5, 0.6) is 0 Å². The molecule has 0 saturated heterocycles. The third-order valence-corrected chi connectivity index (χ3v) is 14.5. The van der Waals surface area contributed by atoms with Crippen LogP contribution in [-0.4, -0.2) is 66.5 Å². The van der Waals surface area contributed by atoms with Crippen LogP contribution in [0.3, 0.4) is 0 Å². The van der Waals surface area contributed by atoms with Gasteiger partial charge in [-0.1, -0.05) is 269 Å². The number of ether oxygens (including phenoxy) is 3. The fourth-order valence-corrected chi connectivity index (χ4v) is 9.69. The number of phosphoric acid groups is 1. The number of unbranched alkanes of at least 4 members (excludes halogenated alkanes) is 35. The van der Waals surface area contributed by atoms with Crippen LogP contribution in [-0.2, 0) is 42.2 Å². The molecule has 11 nitrogen and oxygen atoms in total. The van der Waals surface area contributed by atoms with Crippen LogP contribution in [0, 0.1) is 0 Å². The van der Waals surface area contributed by atoms with Gasteiger partial charge >= 0.3 is 25.7 Å². The minimum Gasteiger partial charge on any atom is -0.462 e. The topological polar surface area (TPSA) is 155 Å². The zero-order valence-electron chi connectivity index (χ0n) is 48.1. The number of hydrogen-bond acceptors (Lipinski definition) is 10. The molecule has 0 rings (SSSR count). The Balaban J connectivity index is 4.66. The number of aliphatic hydroxyl groups excluding tert-OH is 1. The van der Waals surface area contributed by atoms with Gasteiger partial charge in [-0.05, 0) is 51.4 Å². The van der Waals surface area contributed by atoms with Crippen LogP contribution < -0.4 is 0 Å². The molecule has 0 amide bonds. The average Bonchev–Trinajstić information content (AvgIpc) is 3.39. The maximum Gasteiger partial charge on any atom is 0.472 e. The van der Waals surface area contributed by atoms with Gasteiger partial charge in [-0.15, -0.1) is 0 Å². The van der Waals surface area contributed by atoms with Crippen LogP contribution in [0.25, 0.3) is 0 Å². The van der Waals surface area contributed by atoms with Gasteiger partial charge in [-0.3, -0.25) is 23.4 Å². The van der Waals surface area contributed by atoms with E-state index in [2.05, 4.69) is 57.2 Å². The van der Waals surface area contributed by atoms with Crippen molar-refractivity contribution in [2.24, 2.45) is 0 Å². The van der Waals surface area contributed by atoms with E-state index in [-0.39, 0.29) is 25.9 Å². The Kier molecular flexibility index (Phi) is 55.1. The highest BCUT2D eigenvalue weighted by atomic mass is 31.2. The maximum atomic E-state index is 12.9. The van der Waals surface area contributed by atoms with Crippen molar-refractivity contribution >= 4 is 25.7 Å². The molecule has 0 aliphatic heterocycles. The molecule has 0 spiro atoms. The summed E-state index contributed by atoms with van der Waals surface area (Å²) in [6, 6.07) is 0. The van der Waals surface area contributed by atoms with E-state index in [1.165, 1.54) is 154 Å². The van der Waals surface area contributed by atoms with Gasteiger partial charge in [0.25, 0.3) is 0 Å². The molecule has 434 valence electrons. The highest BCUT2D eigenvalue weighted by Crippen LogP contribution is 2.43. The molecule has 3 unspecified atom stereocenters. The first-order valence-corrected chi connectivity index (χ1v) is 32.4. The van der Waals surface area contributed by atoms with Gasteiger partial charge in [-0.2, -0.15) is 0 Å². The average molecular weight is 1070 g/mol. The van der Waals surface area contributed by atoms with E-state index in [1.54, 1.807) is 0 Å². The molecule has 0 radical (unpaired) electrons. The second-order valence-corrected chi connectivity index (χ2v) is 22.3. The van der Waals surface area contributed by atoms with Gasteiger partial charge in [0.2, 0.25) is 0 Å². The van der Waals surface area contributed by atoms with Gasteiger partial charge < -0.3 is 24.2 Å². The van der Waals surface area contributed by atoms with Gasteiger partial charge in [0.1, 0.15) is 12.7 Å². The molecule has 74 heavy (non-hydrogen) atoms. The fraction of sp³-hybridized carbons (Fsp3) is 0.855. The van der Waals surface area contributed by atoms with Crippen molar-refractivity contribution in [3.63, 3.8) is 0 Å². The number of esters is 3. The van der Waals surface area contributed by atoms with Crippen molar-refractivity contribution in [3.8, 4) is 0 Å². The Labute approximate surface area is 454 Å². The summed E-state index contributed by atoms with van der Waals surface area (Å²) in [7, 11) is -4.75. The minimum atomic E-state index is -4.75. The highest BCUT2D eigenvalue weighted by Gasteiger charge is 2.28. The van der Waals surface area contributed by atoms with E-state index in [4.69, 9.17) is 23.3 Å². The molecule has 0 aromatic heterocycles. The first-order chi connectivity index (χ1) is 36.2. The molecule has 0 fully saturated rings. The first-order valence-electron chi connectivity index (χ1n) is 30.9. The molecular formula is C62H115O11P. The van der Waals surface area contributed by atoms with Crippen molar-refractivity contribution in [3.05, 3.63) is 36.5 Å². The predicted molar refractivity (Wildman–Crippen MR) is 307 cm³/mol. The summed E-state index contributed by atoms with van der Waals surface area (Å²) >= 11 is 0. The lowest BCUT2D eigenvalue weighted by molar-refractivity contribution is -0.161. The summed E-state index contributed by atoms with van der Waals surface area (Å²) in [6.07, 6.45) is 59.6. The minimum absolute atomic E-state index is 0.161.